The molecule has 0 fully saturated rings. The van der Waals surface area contributed by atoms with Gasteiger partial charge in [-0.25, -0.2) is 15.1 Å². The van der Waals surface area contributed by atoms with Crippen LogP contribution in [-0.4, -0.2) is 4.98 Å². The highest BCUT2D eigenvalue weighted by Crippen LogP contribution is 2.49. The summed E-state index contributed by atoms with van der Waals surface area (Å²) < 4.78 is 1.02. The molecule has 0 atom stereocenters. The van der Waals surface area contributed by atoms with Crippen molar-refractivity contribution < 1.29 is 0 Å². The molecule has 1 aliphatic rings. The van der Waals surface area contributed by atoms with E-state index >= 15 is 0 Å². The van der Waals surface area contributed by atoms with Gasteiger partial charge in [0.2, 0.25) is 0 Å². The summed E-state index contributed by atoms with van der Waals surface area (Å²) >= 11 is 3.08. The Bertz CT molecular complexity index is 1600. The normalized spacial score (nSPS) is 14.7. The van der Waals surface area contributed by atoms with Crippen LogP contribution in [0.15, 0.2) is 77.5 Å². The number of fused-ring (bicyclic) bond motifs is 2. The van der Waals surface area contributed by atoms with Gasteiger partial charge in [-0.3, -0.25) is 0 Å². The molecule has 2 heterocycles. The van der Waals surface area contributed by atoms with Crippen molar-refractivity contribution in [3.05, 3.63) is 105 Å². The average Bonchev–Trinajstić information content (AvgIpc) is 3.53. The minimum atomic E-state index is -0.0892. The van der Waals surface area contributed by atoms with Crippen molar-refractivity contribution in [2.24, 2.45) is 0 Å². The van der Waals surface area contributed by atoms with Gasteiger partial charge in [0, 0.05) is 16.0 Å². The number of benzene rings is 2. The van der Waals surface area contributed by atoms with Crippen LogP contribution in [0.1, 0.15) is 16.1 Å². The quantitative estimate of drug-likeness (QED) is 0.232. The van der Waals surface area contributed by atoms with Crippen molar-refractivity contribution >= 4 is 49.4 Å². The molecule has 0 amide bonds. The third-order valence-corrected chi connectivity index (χ3v) is 7.52. The molecule has 2 aromatic carbocycles. The topological polar surface area (TPSA) is 88.6 Å². The second-order valence-corrected chi connectivity index (χ2v) is 9.32. The van der Waals surface area contributed by atoms with E-state index < -0.39 is 0 Å². The van der Waals surface area contributed by atoms with Crippen LogP contribution in [0.5, 0.6) is 0 Å². The van der Waals surface area contributed by atoms with Crippen molar-refractivity contribution in [3.63, 3.8) is 0 Å². The van der Waals surface area contributed by atoms with Gasteiger partial charge in [0.25, 0.3) is 5.70 Å². The molecule has 0 saturated carbocycles. The number of nitriles is 3. The fourth-order valence-corrected chi connectivity index (χ4v) is 6.13. The lowest BCUT2D eigenvalue weighted by Crippen LogP contribution is -1.89. The van der Waals surface area contributed by atoms with Crippen LogP contribution < -0.4 is 0 Å². The van der Waals surface area contributed by atoms with Gasteiger partial charge in [-0.05, 0) is 34.4 Å². The molecule has 5 nitrogen and oxygen atoms in total. The molecule has 0 saturated heterocycles. The van der Waals surface area contributed by atoms with E-state index in [9.17, 15) is 15.8 Å². The minimum Gasteiger partial charge on any atom is -0.226 e. The van der Waals surface area contributed by atoms with Crippen LogP contribution in [-0.2, 0) is 0 Å². The first-order chi connectivity index (χ1) is 16.7. The number of aromatic nitrogens is 1. The van der Waals surface area contributed by atoms with Crippen molar-refractivity contribution in [3.8, 4) is 28.6 Å². The van der Waals surface area contributed by atoms with Crippen LogP contribution in [0.4, 0.5) is 0 Å². The zero-order valence-electron chi connectivity index (χ0n) is 17.4. The molecule has 2 aromatic heterocycles. The van der Waals surface area contributed by atoms with Gasteiger partial charge in [-0.1, -0.05) is 54.6 Å². The molecule has 0 aliphatic heterocycles. The molecule has 156 valence electrons. The molecule has 0 radical (unpaired) electrons. The third kappa shape index (κ3) is 3.39. The summed E-state index contributed by atoms with van der Waals surface area (Å²) in [5, 5.41) is 29.6. The van der Waals surface area contributed by atoms with E-state index in [1.165, 1.54) is 11.3 Å². The molecule has 0 bridgehead atoms. The van der Waals surface area contributed by atoms with Gasteiger partial charge in [-0.2, -0.15) is 10.5 Å². The lowest BCUT2D eigenvalue weighted by molar-refractivity contribution is 1.46. The lowest BCUT2D eigenvalue weighted by atomic mass is 9.98. The Labute approximate surface area is 203 Å². The number of nitrogens with zero attached hydrogens (tertiary/aromatic N) is 5. The van der Waals surface area contributed by atoms with Crippen molar-refractivity contribution in [1.82, 2.24) is 4.98 Å². The van der Waals surface area contributed by atoms with Crippen molar-refractivity contribution in [2.45, 2.75) is 0 Å². The second kappa shape index (κ2) is 8.62. The lowest BCUT2D eigenvalue weighted by Gasteiger charge is -2.04. The predicted octanol–water partition coefficient (Wildman–Crippen LogP) is 7.08. The number of rotatable bonds is 2. The van der Waals surface area contributed by atoms with E-state index in [2.05, 4.69) is 23.0 Å². The molecular weight excluding hydrogens is 458 g/mol. The summed E-state index contributed by atoms with van der Waals surface area (Å²) in [6.07, 6.45) is 1.78. The second-order valence-electron chi connectivity index (χ2n) is 7.22. The van der Waals surface area contributed by atoms with E-state index in [1.807, 2.05) is 36.4 Å². The van der Waals surface area contributed by atoms with Gasteiger partial charge in [-0.15, -0.1) is 22.7 Å². The fraction of sp³-hybridized carbons (Fsp3) is 0. The highest BCUT2D eigenvalue weighted by Gasteiger charge is 2.32. The maximum absolute atomic E-state index is 9.65. The minimum absolute atomic E-state index is 0.0688. The van der Waals surface area contributed by atoms with Crippen molar-refractivity contribution in [2.75, 3.05) is 0 Å². The molecule has 0 unspecified atom stereocenters. The molecular formula is C27H11N5S2. The zero-order valence-corrected chi connectivity index (χ0v) is 19.0. The standard InChI is InChI=1S/C27H11N5S2/c1-31-21(15-30)26-19-10-6-5-9-18(19)25(17(13-28)14-29)20(26)11-24-32-27-23(33-24)12-22(34-27)16-7-3-2-4-8-16/h2-12H/b20-11-,26-21-. The number of hydrogen-bond donors (Lipinski definition) is 0. The number of thiazole rings is 1. The monoisotopic (exact) mass is 469 g/mol. The Morgan fingerprint density at radius 2 is 1.56 bits per heavy atom. The fourth-order valence-electron chi connectivity index (χ4n) is 3.96. The Kier molecular flexibility index (Phi) is 5.35. The smallest absolute Gasteiger partial charge is 0.226 e. The van der Waals surface area contributed by atoms with Crippen LogP contribution in [0.3, 0.4) is 0 Å². The molecule has 4 aromatic rings. The predicted molar refractivity (Wildman–Crippen MR) is 135 cm³/mol. The van der Waals surface area contributed by atoms with Crippen LogP contribution in [0.2, 0.25) is 0 Å². The van der Waals surface area contributed by atoms with E-state index in [4.69, 9.17) is 11.6 Å². The number of hydrogen-bond acceptors (Lipinski definition) is 6. The highest BCUT2D eigenvalue weighted by atomic mass is 32.1. The van der Waals surface area contributed by atoms with Crippen LogP contribution in [0, 0.1) is 40.6 Å². The van der Waals surface area contributed by atoms with Gasteiger partial charge >= 0.3 is 0 Å². The molecule has 0 spiro atoms. The summed E-state index contributed by atoms with van der Waals surface area (Å²) in [6, 6.07) is 25.3. The Balaban J connectivity index is 1.73. The highest BCUT2D eigenvalue weighted by molar-refractivity contribution is 7.29. The largest absolute Gasteiger partial charge is 0.270 e. The first-order valence-electron chi connectivity index (χ1n) is 10.0. The maximum atomic E-state index is 9.65. The summed E-state index contributed by atoms with van der Waals surface area (Å²) in [7, 11) is 0. The Morgan fingerprint density at radius 1 is 0.882 bits per heavy atom. The van der Waals surface area contributed by atoms with Crippen molar-refractivity contribution in [1.29, 1.82) is 15.8 Å². The summed E-state index contributed by atoms with van der Waals surface area (Å²) in [5.74, 6) is 0. The average molecular weight is 470 g/mol. The Hall–Kier alpha value is -4.79. The molecule has 7 heteroatoms. The SMILES string of the molecule is [C-]#[N+]/C(C#N)=C1\C(=C/c2nc3sc(-c4ccccc4)cc3s2)C(=C(C#N)C#N)c2ccccc21. The van der Waals surface area contributed by atoms with E-state index in [1.54, 1.807) is 41.7 Å². The molecule has 0 N–H and O–H groups in total. The Morgan fingerprint density at radius 3 is 2.18 bits per heavy atom. The van der Waals surface area contributed by atoms with Gasteiger partial charge in [0.15, 0.2) is 0 Å². The zero-order chi connectivity index (χ0) is 23.7. The van der Waals surface area contributed by atoms with Gasteiger partial charge in [0.1, 0.15) is 27.5 Å². The summed E-state index contributed by atoms with van der Waals surface area (Å²) in [4.78, 5) is 10.2. The number of thiophene rings is 1. The van der Waals surface area contributed by atoms with E-state index in [0.29, 0.717) is 32.9 Å². The van der Waals surface area contributed by atoms with Crippen LogP contribution in [0.25, 0.3) is 42.0 Å². The van der Waals surface area contributed by atoms with E-state index in [0.717, 1.165) is 20.0 Å². The first-order valence-corrected chi connectivity index (χ1v) is 11.7. The van der Waals surface area contributed by atoms with Gasteiger partial charge < -0.3 is 0 Å². The third-order valence-electron chi connectivity index (χ3n) is 5.36. The number of allylic oxidation sites excluding steroid dienone is 5. The maximum Gasteiger partial charge on any atom is 0.270 e. The van der Waals surface area contributed by atoms with E-state index in [-0.39, 0.29) is 11.3 Å². The first kappa shape index (κ1) is 21.1. The molecule has 1 aliphatic carbocycles. The van der Waals surface area contributed by atoms with Gasteiger partial charge in [0.05, 0.1) is 17.3 Å². The molecule has 34 heavy (non-hydrogen) atoms. The molecule has 5 rings (SSSR count). The summed E-state index contributed by atoms with van der Waals surface area (Å²) in [6.45, 7) is 7.53. The van der Waals surface area contributed by atoms with Crippen LogP contribution >= 0.6 is 22.7 Å². The summed E-state index contributed by atoms with van der Waals surface area (Å²) in [5.41, 5.74) is 3.63.